The van der Waals surface area contributed by atoms with E-state index in [1.165, 1.54) is 0 Å². The molecule has 1 unspecified atom stereocenters. The van der Waals surface area contributed by atoms with Crippen molar-refractivity contribution in [1.82, 2.24) is 14.5 Å². The van der Waals surface area contributed by atoms with Gasteiger partial charge in [0.05, 0.1) is 11.8 Å². The highest BCUT2D eigenvalue weighted by Crippen LogP contribution is 2.24. The second-order valence-corrected chi connectivity index (χ2v) is 5.71. The number of hydrogen-bond donors (Lipinski definition) is 2. The Kier molecular flexibility index (Phi) is 5.05. The van der Waals surface area contributed by atoms with Crippen molar-refractivity contribution < 1.29 is 0 Å². The summed E-state index contributed by atoms with van der Waals surface area (Å²) in [6.07, 6.45) is 4.09. The third kappa shape index (κ3) is 3.30. The van der Waals surface area contributed by atoms with Gasteiger partial charge in [0.2, 0.25) is 0 Å². The molecule has 0 aromatic carbocycles. The number of pyridine rings is 1. The van der Waals surface area contributed by atoms with Gasteiger partial charge in [0.1, 0.15) is 5.52 Å². The highest BCUT2D eigenvalue weighted by molar-refractivity contribution is 5.86. The van der Waals surface area contributed by atoms with Gasteiger partial charge in [0, 0.05) is 23.5 Å². The number of allylic oxidation sites excluding steroid dienone is 3. The van der Waals surface area contributed by atoms with E-state index in [0.29, 0.717) is 28.1 Å². The summed E-state index contributed by atoms with van der Waals surface area (Å²) < 4.78 is 1.65. The van der Waals surface area contributed by atoms with Gasteiger partial charge in [0.25, 0.3) is 0 Å². The van der Waals surface area contributed by atoms with E-state index in [-0.39, 0.29) is 11.7 Å². The van der Waals surface area contributed by atoms with Gasteiger partial charge in [-0.3, -0.25) is 4.57 Å². The number of rotatable bonds is 6. The quantitative estimate of drug-likeness (QED) is 0.627. The molecule has 0 aliphatic heterocycles. The van der Waals surface area contributed by atoms with Gasteiger partial charge < -0.3 is 10.3 Å². The van der Waals surface area contributed by atoms with E-state index >= 15 is 0 Å². The first kappa shape index (κ1) is 17.3. The average Bonchev–Trinajstić information content (AvgIpc) is 2.90. The maximum absolute atomic E-state index is 12.3. The van der Waals surface area contributed by atoms with Crippen LogP contribution in [0.25, 0.3) is 11.2 Å². The van der Waals surface area contributed by atoms with Gasteiger partial charge >= 0.3 is 5.69 Å². The van der Waals surface area contributed by atoms with Crippen molar-refractivity contribution in [3.63, 3.8) is 0 Å². The Hall–Kier alpha value is -3.07. The zero-order valence-corrected chi connectivity index (χ0v) is 14.2. The Morgan fingerprint density at radius 3 is 2.88 bits per heavy atom. The van der Waals surface area contributed by atoms with E-state index in [9.17, 15) is 4.79 Å². The Morgan fingerprint density at radius 2 is 2.29 bits per heavy atom. The number of aromatic amines is 1. The Labute approximate surface area is 140 Å². The van der Waals surface area contributed by atoms with Crippen LogP contribution in [0.15, 0.2) is 53.1 Å². The molecule has 0 fully saturated rings. The Morgan fingerprint density at radius 1 is 1.58 bits per heavy atom. The lowest BCUT2D eigenvalue weighted by Gasteiger charge is -2.13. The summed E-state index contributed by atoms with van der Waals surface area (Å²) in [5, 5.41) is 12.1. The van der Waals surface area contributed by atoms with E-state index < -0.39 is 0 Å². The first-order valence-electron chi connectivity index (χ1n) is 7.71. The number of anilines is 1. The van der Waals surface area contributed by atoms with Gasteiger partial charge in [-0.25, -0.2) is 9.78 Å². The van der Waals surface area contributed by atoms with Crippen molar-refractivity contribution in [3.05, 3.63) is 58.8 Å². The number of imidazole rings is 1. The van der Waals surface area contributed by atoms with Gasteiger partial charge in [-0.2, -0.15) is 5.26 Å². The molecule has 2 aromatic rings. The summed E-state index contributed by atoms with van der Waals surface area (Å²) in [6, 6.07) is 3.80. The molecule has 0 saturated carbocycles. The zero-order valence-electron chi connectivity index (χ0n) is 14.2. The fourth-order valence-electron chi connectivity index (χ4n) is 2.33. The number of aromatic nitrogens is 3. The van der Waals surface area contributed by atoms with Gasteiger partial charge in [0.15, 0.2) is 5.65 Å². The van der Waals surface area contributed by atoms with Crippen LogP contribution in [0.5, 0.6) is 0 Å². The molecule has 124 valence electrons. The number of hydrogen-bond acceptors (Lipinski definition) is 4. The lowest BCUT2D eigenvalue weighted by atomic mass is 10.1. The lowest BCUT2D eigenvalue weighted by Crippen LogP contribution is -2.20. The van der Waals surface area contributed by atoms with Crippen LogP contribution in [0, 0.1) is 11.3 Å². The number of nitrogens with one attached hydrogen (secondary N) is 2. The Bertz CT molecular complexity index is 923. The first-order chi connectivity index (χ1) is 11.4. The minimum Gasteiger partial charge on any atom is -0.353 e. The molecule has 2 aromatic heterocycles. The maximum Gasteiger partial charge on any atom is 0.327 e. The third-order valence-corrected chi connectivity index (χ3v) is 3.83. The molecule has 2 heterocycles. The number of fused-ring (bicyclic) bond motifs is 1. The summed E-state index contributed by atoms with van der Waals surface area (Å²) >= 11 is 0. The van der Waals surface area contributed by atoms with Gasteiger partial charge in [-0.1, -0.05) is 20.1 Å². The number of nitriles is 1. The van der Waals surface area contributed by atoms with Crippen LogP contribution in [0.4, 0.5) is 5.69 Å². The van der Waals surface area contributed by atoms with E-state index in [0.717, 1.165) is 12.0 Å². The molecular formula is C18H21N5O. The van der Waals surface area contributed by atoms with Crippen molar-refractivity contribution in [1.29, 1.82) is 5.26 Å². The maximum atomic E-state index is 12.3. The van der Waals surface area contributed by atoms with Crippen molar-refractivity contribution >= 4 is 16.9 Å². The monoisotopic (exact) mass is 323 g/mol. The van der Waals surface area contributed by atoms with Crippen molar-refractivity contribution in [3.8, 4) is 6.07 Å². The second-order valence-electron chi connectivity index (χ2n) is 5.71. The summed E-state index contributed by atoms with van der Waals surface area (Å²) in [5.74, 6) is 0. The van der Waals surface area contributed by atoms with E-state index in [1.54, 1.807) is 22.9 Å². The van der Waals surface area contributed by atoms with E-state index in [2.05, 4.69) is 28.4 Å². The molecule has 24 heavy (non-hydrogen) atoms. The molecule has 6 heteroatoms. The zero-order chi connectivity index (χ0) is 17.9. The highest BCUT2D eigenvalue weighted by Gasteiger charge is 2.15. The van der Waals surface area contributed by atoms with E-state index in [1.807, 2.05) is 26.8 Å². The standard InChI is InChI=1S/C18H21N5O/c1-6-13(5)23-17-16(22-18(23)24)14(7-8-20-17)21-15(11(2)3)9-12(4)10-19/h7-9,13H,2,4,6H2,1,3,5H3,(H,20,21)(H,22,24)/b15-9+. The smallest absolute Gasteiger partial charge is 0.327 e. The van der Waals surface area contributed by atoms with Crippen LogP contribution in [0.3, 0.4) is 0 Å². The molecule has 2 rings (SSSR count). The molecule has 0 spiro atoms. The molecule has 1 atom stereocenters. The fraction of sp³-hybridized carbons (Fsp3) is 0.278. The van der Waals surface area contributed by atoms with Crippen LogP contribution in [0.1, 0.15) is 33.2 Å². The molecule has 6 nitrogen and oxygen atoms in total. The largest absolute Gasteiger partial charge is 0.353 e. The molecule has 0 aliphatic carbocycles. The summed E-state index contributed by atoms with van der Waals surface area (Å²) in [5.41, 5.74) is 3.45. The predicted molar refractivity (Wildman–Crippen MR) is 96.6 cm³/mol. The van der Waals surface area contributed by atoms with Gasteiger partial charge in [-0.05, 0) is 38.0 Å². The first-order valence-corrected chi connectivity index (χ1v) is 7.71. The summed E-state index contributed by atoms with van der Waals surface area (Å²) in [6.45, 7) is 13.4. The molecule has 0 amide bonds. The van der Waals surface area contributed by atoms with Crippen LogP contribution >= 0.6 is 0 Å². The van der Waals surface area contributed by atoms with Crippen LogP contribution in [-0.2, 0) is 0 Å². The minimum absolute atomic E-state index is 0.0449. The Balaban J connectivity index is 2.56. The predicted octanol–water partition coefficient (Wildman–Crippen LogP) is 3.65. The van der Waals surface area contributed by atoms with Crippen molar-refractivity contribution in [2.45, 2.75) is 33.2 Å². The number of nitrogens with zero attached hydrogens (tertiary/aromatic N) is 3. The van der Waals surface area contributed by atoms with Gasteiger partial charge in [-0.15, -0.1) is 0 Å². The SMILES string of the molecule is C=C(C#N)/C=C(/Nc1ccnc2c1[nH]c(=O)n2C(C)CC)C(=C)C. The minimum atomic E-state index is -0.191. The third-order valence-electron chi connectivity index (χ3n) is 3.83. The number of H-pyrrole nitrogens is 1. The molecule has 0 aliphatic rings. The molecule has 0 radical (unpaired) electrons. The van der Waals surface area contributed by atoms with Crippen molar-refractivity contribution in [2.24, 2.45) is 0 Å². The molecule has 2 N–H and O–H groups in total. The topological polar surface area (TPSA) is 86.5 Å². The summed E-state index contributed by atoms with van der Waals surface area (Å²) in [4.78, 5) is 19.5. The van der Waals surface area contributed by atoms with Crippen LogP contribution in [-0.4, -0.2) is 14.5 Å². The normalized spacial score (nSPS) is 12.7. The van der Waals surface area contributed by atoms with Crippen LogP contribution < -0.4 is 11.0 Å². The lowest BCUT2D eigenvalue weighted by molar-refractivity contribution is 0.526. The average molecular weight is 323 g/mol. The second kappa shape index (κ2) is 7.01. The highest BCUT2D eigenvalue weighted by atomic mass is 16.1. The molecule has 0 saturated heterocycles. The van der Waals surface area contributed by atoms with Crippen molar-refractivity contribution in [2.75, 3.05) is 5.32 Å². The molecular weight excluding hydrogens is 302 g/mol. The van der Waals surface area contributed by atoms with E-state index in [4.69, 9.17) is 5.26 Å². The fourth-order valence-corrected chi connectivity index (χ4v) is 2.33. The summed E-state index contributed by atoms with van der Waals surface area (Å²) in [7, 11) is 0. The van der Waals surface area contributed by atoms with Crippen LogP contribution in [0.2, 0.25) is 0 Å². The molecule has 0 bridgehead atoms.